The normalized spacial score (nSPS) is 25.0. The molecule has 2 fully saturated rings. The van der Waals surface area contributed by atoms with Gasteiger partial charge < -0.3 is 24.8 Å². The molecule has 2 aliphatic rings. The first-order valence-electron chi connectivity index (χ1n) is 9.02. The maximum Gasteiger partial charge on any atom is 0.317 e. The molecule has 27 heavy (non-hydrogen) atoms. The van der Waals surface area contributed by atoms with E-state index in [1.807, 2.05) is 0 Å². The van der Waals surface area contributed by atoms with Crippen LogP contribution in [0.2, 0.25) is 0 Å². The largest absolute Gasteiger partial charge is 0.493 e. The smallest absolute Gasteiger partial charge is 0.317 e. The molecule has 2 amide bonds. The second kappa shape index (κ2) is 7.25. The molecule has 1 aliphatic heterocycles. The molecule has 148 valence electrons. The Morgan fingerprint density at radius 1 is 1.33 bits per heavy atom. The fraction of sp³-hybridized carbons (Fsp3) is 0.579. The lowest BCUT2D eigenvalue weighted by atomic mass is 9.81. The van der Waals surface area contributed by atoms with Gasteiger partial charge in [-0.15, -0.1) is 0 Å². The lowest BCUT2D eigenvalue weighted by molar-refractivity contribution is -0.149. The standard InChI is InChI=1S/C19H25FN2O5/c1-11(13-7-15(26-2)16(27-3)8-14(13)20)21-18(25)22-9-12-5-4-6-19(12,10-22)17(23)24/h7-8,11-12H,4-6,9-10H2,1-3H3,(H,21,25)(H,23,24)/t11?,12-,19+/m0/s1. The molecule has 1 aromatic rings. The minimum absolute atomic E-state index is 0.0196. The van der Waals surface area contributed by atoms with Gasteiger partial charge in [0.2, 0.25) is 0 Å². The van der Waals surface area contributed by atoms with Gasteiger partial charge in [-0.25, -0.2) is 9.18 Å². The summed E-state index contributed by atoms with van der Waals surface area (Å²) < 4.78 is 24.7. The van der Waals surface area contributed by atoms with E-state index in [1.165, 1.54) is 31.3 Å². The topological polar surface area (TPSA) is 88.1 Å². The Balaban J connectivity index is 1.73. The first-order valence-corrected chi connectivity index (χ1v) is 9.02. The van der Waals surface area contributed by atoms with Crippen molar-refractivity contribution in [1.82, 2.24) is 10.2 Å². The Kier molecular flexibility index (Phi) is 5.17. The number of aliphatic carboxylic acids is 1. The van der Waals surface area contributed by atoms with E-state index in [2.05, 4.69) is 5.32 Å². The van der Waals surface area contributed by atoms with Gasteiger partial charge in [-0.2, -0.15) is 0 Å². The number of carboxylic acids is 1. The van der Waals surface area contributed by atoms with E-state index >= 15 is 0 Å². The summed E-state index contributed by atoms with van der Waals surface area (Å²) in [6.07, 6.45) is 2.28. The maximum atomic E-state index is 14.4. The molecule has 8 heteroatoms. The Labute approximate surface area is 157 Å². The fourth-order valence-corrected chi connectivity index (χ4v) is 4.35. The van der Waals surface area contributed by atoms with Crippen molar-refractivity contribution in [3.63, 3.8) is 0 Å². The number of amides is 2. The van der Waals surface area contributed by atoms with Gasteiger partial charge >= 0.3 is 12.0 Å². The number of fused-ring (bicyclic) bond motifs is 1. The summed E-state index contributed by atoms with van der Waals surface area (Å²) in [5, 5.41) is 12.4. The summed E-state index contributed by atoms with van der Waals surface area (Å²) in [6, 6.07) is 1.72. The average Bonchev–Trinajstić information content (AvgIpc) is 3.19. The molecule has 1 saturated heterocycles. The molecule has 0 radical (unpaired) electrons. The van der Waals surface area contributed by atoms with E-state index < -0.39 is 23.2 Å². The van der Waals surface area contributed by atoms with Crippen molar-refractivity contribution in [2.75, 3.05) is 27.3 Å². The van der Waals surface area contributed by atoms with Crippen LogP contribution in [0.15, 0.2) is 12.1 Å². The number of likely N-dealkylation sites (tertiary alicyclic amines) is 1. The molecule has 7 nitrogen and oxygen atoms in total. The summed E-state index contributed by atoms with van der Waals surface area (Å²) >= 11 is 0. The van der Waals surface area contributed by atoms with Crippen LogP contribution in [-0.2, 0) is 4.79 Å². The highest BCUT2D eigenvalue weighted by atomic mass is 19.1. The highest BCUT2D eigenvalue weighted by Crippen LogP contribution is 2.48. The van der Waals surface area contributed by atoms with Crippen LogP contribution in [0.1, 0.15) is 37.8 Å². The van der Waals surface area contributed by atoms with Gasteiger partial charge in [0.1, 0.15) is 5.82 Å². The predicted molar refractivity (Wildman–Crippen MR) is 95.4 cm³/mol. The van der Waals surface area contributed by atoms with Crippen LogP contribution in [0.25, 0.3) is 0 Å². The summed E-state index contributed by atoms with van der Waals surface area (Å²) in [4.78, 5) is 26.0. The molecule has 1 aromatic carbocycles. The van der Waals surface area contributed by atoms with Crippen molar-refractivity contribution in [1.29, 1.82) is 0 Å². The first kappa shape index (κ1) is 19.3. The minimum Gasteiger partial charge on any atom is -0.493 e. The maximum absolute atomic E-state index is 14.4. The number of nitrogens with zero attached hydrogens (tertiary/aromatic N) is 1. The van der Waals surface area contributed by atoms with Crippen LogP contribution in [-0.4, -0.2) is 49.3 Å². The van der Waals surface area contributed by atoms with E-state index in [4.69, 9.17) is 9.47 Å². The third-order valence-corrected chi connectivity index (χ3v) is 5.89. The molecule has 1 heterocycles. The number of benzene rings is 1. The van der Waals surface area contributed by atoms with Gasteiger partial charge in [-0.05, 0) is 31.7 Å². The SMILES string of the molecule is COc1cc(F)c(C(C)NC(=O)N2C[C@@H]3CCC[C@@]3(C(=O)O)C2)cc1OC. The van der Waals surface area contributed by atoms with E-state index in [9.17, 15) is 19.1 Å². The lowest BCUT2D eigenvalue weighted by Crippen LogP contribution is -2.42. The number of halogens is 1. The molecule has 1 unspecified atom stereocenters. The highest BCUT2D eigenvalue weighted by Gasteiger charge is 2.55. The molecule has 0 spiro atoms. The number of hydrogen-bond donors (Lipinski definition) is 2. The molecular formula is C19H25FN2O5. The van der Waals surface area contributed by atoms with Crippen LogP contribution in [0.4, 0.5) is 9.18 Å². The third-order valence-electron chi connectivity index (χ3n) is 5.89. The summed E-state index contributed by atoms with van der Waals surface area (Å²) in [6.45, 7) is 2.28. The third kappa shape index (κ3) is 3.28. The van der Waals surface area contributed by atoms with Crippen LogP contribution in [0.3, 0.4) is 0 Å². The Bertz CT molecular complexity index is 756. The van der Waals surface area contributed by atoms with E-state index in [-0.39, 0.29) is 29.8 Å². The van der Waals surface area contributed by atoms with Gasteiger partial charge in [0, 0.05) is 24.7 Å². The first-order chi connectivity index (χ1) is 12.8. The number of methoxy groups -OCH3 is 2. The Hall–Kier alpha value is -2.51. The number of carbonyl (C=O) groups excluding carboxylic acids is 1. The molecule has 1 aliphatic carbocycles. The second-order valence-corrected chi connectivity index (χ2v) is 7.33. The van der Waals surface area contributed by atoms with Crippen LogP contribution in [0, 0.1) is 17.2 Å². The van der Waals surface area contributed by atoms with Gasteiger partial charge in [0.15, 0.2) is 11.5 Å². The summed E-state index contributed by atoms with van der Waals surface area (Å²) in [7, 11) is 2.88. The van der Waals surface area contributed by atoms with Gasteiger partial charge in [0.25, 0.3) is 0 Å². The number of nitrogens with one attached hydrogen (secondary N) is 1. The second-order valence-electron chi connectivity index (χ2n) is 7.33. The van der Waals surface area contributed by atoms with Crippen molar-refractivity contribution in [2.45, 2.75) is 32.2 Å². The number of ether oxygens (including phenoxy) is 2. The average molecular weight is 380 g/mol. The van der Waals surface area contributed by atoms with Crippen molar-refractivity contribution < 1.29 is 28.6 Å². The van der Waals surface area contributed by atoms with Crippen molar-refractivity contribution in [3.8, 4) is 11.5 Å². The van der Waals surface area contributed by atoms with Crippen LogP contribution < -0.4 is 14.8 Å². The zero-order chi connectivity index (χ0) is 19.8. The number of carboxylic acid groups (broad SMARTS) is 1. The molecule has 1 saturated carbocycles. The van der Waals surface area contributed by atoms with E-state index in [1.54, 1.807) is 6.92 Å². The predicted octanol–water partition coefficient (Wildman–Crippen LogP) is 2.80. The molecule has 2 N–H and O–H groups in total. The fourth-order valence-electron chi connectivity index (χ4n) is 4.35. The summed E-state index contributed by atoms with van der Waals surface area (Å²) in [5.74, 6) is -0.725. The molecule has 0 aromatic heterocycles. The van der Waals surface area contributed by atoms with E-state index in [0.29, 0.717) is 18.7 Å². The van der Waals surface area contributed by atoms with Gasteiger partial charge in [-0.1, -0.05) is 6.42 Å². The number of hydrogen-bond acceptors (Lipinski definition) is 4. The minimum atomic E-state index is -0.838. The quantitative estimate of drug-likeness (QED) is 0.820. The molecular weight excluding hydrogens is 355 g/mol. The summed E-state index contributed by atoms with van der Waals surface area (Å²) in [5.41, 5.74) is -0.567. The van der Waals surface area contributed by atoms with Crippen LogP contribution in [0.5, 0.6) is 11.5 Å². The zero-order valence-corrected chi connectivity index (χ0v) is 15.8. The monoisotopic (exact) mass is 380 g/mol. The Morgan fingerprint density at radius 3 is 2.59 bits per heavy atom. The number of carbonyl (C=O) groups is 2. The molecule has 3 rings (SSSR count). The number of urea groups is 1. The van der Waals surface area contributed by atoms with Crippen molar-refractivity contribution >= 4 is 12.0 Å². The molecule has 0 bridgehead atoms. The van der Waals surface area contributed by atoms with Crippen molar-refractivity contribution in [3.05, 3.63) is 23.5 Å². The van der Waals surface area contributed by atoms with Gasteiger partial charge in [0.05, 0.1) is 25.7 Å². The highest BCUT2D eigenvalue weighted by molar-refractivity contribution is 5.80. The van der Waals surface area contributed by atoms with Crippen LogP contribution >= 0.6 is 0 Å². The molecule has 3 atom stereocenters. The Morgan fingerprint density at radius 2 is 2.00 bits per heavy atom. The van der Waals surface area contributed by atoms with Gasteiger partial charge in [-0.3, -0.25) is 4.79 Å². The zero-order valence-electron chi connectivity index (χ0n) is 15.8. The number of rotatable bonds is 5. The van der Waals surface area contributed by atoms with Crippen molar-refractivity contribution in [2.24, 2.45) is 11.3 Å². The van der Waals surface area contributed by atoms with E-state index in [0.717, 1.165) is 12.8 Å². The lowest BCUT2D eigenvalue weighted by Gasteiger charge is -2.25.